The first-order valence-electron chi connectivity index (χ1n) is 5.21. The molecule has 1 aliphatic heterocycles. The van der Waals surface area contributed by atoms with Gasteiger partial charge in [0.05, 0.1) is 12.7 Å². The van der Waals surface area contributed by atoms with Crippen molar-refractivity contribution in [3.8, 4) is 0 Å². The van der Waals surface area contributed by atoms with Crippen molar-refractivity contribution in [2.24, 2.45) is 0 Å². The highest BCUT2D eigenvalue weighted by Gasteiger charge is 2.23. The van der Waals surface area contributed by atoms with Crippen LogP contribution in [0.1, 0.15) is 26.7 Å². The van der Waals surface area contributed by atoms with E-state index in [1.807, 2.05) is 0 Å². The van der Waals surface area contributed by atoms with E-state index < -0.39 is 0 Å². The van der Waals surface area contributed by atoms with Crippen molar-refractivity contribution in [2.75, 3.05) is 13.7 Å². The average molecular weight is 213 g/mol. The van der Waals surface area contributed by atoms with E-state index in [1.165, 1.54) is 0 Å². The lowest BCUT2D eigenvalue weighted by Gasteiger charge is -2.13. The Morgan fingerprint density at radius 1 is 1.53 bits per heavy atom. The standard InChI is InChI=1S/C11H19NO3/c1-8(9(2)13)6-12-11-5-4-10(15-11)7-14-3/h6,10-12H,4-5,7H2,1-3H3/b8-6-. The summed E-state index contributed by atoms with van der Waals surface area (Å²) in [6.45, 7) is 3.97. The summed E-state index contributed by atoms with van der Waals surface area (Å²) in [6, 6.07) is 0. The Bertz CT molecular complexity index is 250. The van der Waals surface area contributed by atoms with Crippen LogP contribution in [0.2, 0.25) is 0 Å². The van der Waals surface area contributed by atoms with Crippen molar-refractivity contribution in [3.05, 3.63) is 11.8 Å². The van der Waals surface area contributed by atoms with Crippen LogP contribution in [0, 0.1) is 0 Å². The third-order valence-corrected chi connectivity index (χ3v) is 2.50. The third kappa shape index (κ3) is 4.01. The molecule has 2 atom stereocenters. The molecule has 1 rings (SSSR count). The van der Waals surface area contributed by atoms with Gasteiger partial charge >= 0.3 is 0 Å². The quantitative estimate of drug-likeness (QED) is 0.698. The molecule has 15 heavy (non-hydrogen) atoms. The fourth-order valence-corrected chi connectivity index (χ4v) is 1.46. The Hall–Kier alpha value is -0.870. The molecule has 1 fully saturated rings. The molecule has 1 aliphatic rings. The molecule has 2 unspecified atom stereocenters. The van der Waals surface area contributed by atoms with Crippen LogP contribution < -0.4 is 5.32 Å². The number of Topliss-reactive ketones (excluding diaryl/α,β-unsaturated/α-hetero) is 1. The van der Waals surface area contributed by atoms with E-state index in [4.69, 9.17) is 9.47 Å². The number of rotatable bonds is 5. The maximum Gasteiger partial charge on any atom is 0.156 e. The Kier molecular flexibility index (Phi) is 4.78. The van der Waals surface area contributed by atoms with Crippen LogP contribution in [0.25, 0.3) is 0 Å². The first-order valence-corrected chi connectivity index (χ1v) is 5.21. The molecule has 0 spiro atoms. The number of carbonyl (C=O) groups excluding carboxylic acids is 1. The summed E-state index contributed by atoms with van der Waals surface area (Å²) in [5.74, 6) is 0.0777. The lowest BCUT2D eigenvalue weighted by Crippen LogP contribution is -2.26. The summed E-state index contributed by atoms with van der Waals surface area (Å²) in [5.41, 5.74) is 0.716. The van der Waals surface area contributed by atoms with Gasteiger partial charge in [-0.25, -0.2) is 0 Å². The molecule has 0 saturated carbocycles. The molecule has 4 nitrogen and oxygen atoms in total. The van der Waals surface area contributed by atoms with Crippen LogP contribution in [0.5, 0.6) is 0 Å². The number of hydrogen-bond donors (Lipinski definition) is 1. The summed E-state index contributed by atoms with van der Waals surface area (Å²) in [6.07, 6.45) is 3.87. The first kappa shape index (κ1) is 12.2. The lowest BCUT2D eigenvalue weighted by atomic mass is 10.2. The normalized spacial score (nSPS) is 26.7. The molecular formula is C11H19NO3. The minimum Gasteiger partial charge on any atom is -0.382 e. The van der Waals surface area contributed by atoms with E-state index in [-0.39, 0.29) is 18.1 Å². The highest BCUT2D eigenvalue weighted by Crippen LogP contribution is 2.17. The van der Waals surface area contributed by atoms with Crippen molar-refractivity contribution in [2.45, 2.75) is 39.0 Å². The molecule has 0 aliphatic carbocycles. The van der Waals surface area contributed by atoms with Crippen molar-refractivity contribution in [1.29, 1.82) is 0 Å². The second-order valence-electron chi connectivity index (χ2n) is 3.83. The molecule has 4 heteroatoms. The molecule has 0 aromatic carbocycles. The highest BCUT2D eigenvalue weighted by atomic mass is 16.5. The maximum absolute atomic E-state index is 10.9. The van der Waals surface area contributed by atoms with Gasteiger partial charge in [0.15, 0.2) is 5.78 Å². The second-order valence-corrected chi connectivity index (χ2v) is 3.83. The molecule has 0 radical (unpaired) electrons. The zero-order valence-corrected chi connectivity index (χ0v) is 9.58. The average Bonchev–Trinajstić information content (AvgIpc) is 2.62. The van der Waals surface area contributed by atoms with Crippen LogP contribution in [-0.4, -0.2) is 31.8 Å². The number of methoxy groups -OCH3 is 1. The molecule has 0 bridgehead atoms. The van der Waals surface area contributed by atoms with Gasteiger partial charge < -0.3 is 14.8 Å². The van der Waals surface area contributed by atoms with E-state index in [0.717, 1.165) is 12.8 Å². The van der Waals surface area contributed by atoms with Crippen molar-refractivity contribution >= 4 is 5.78 Å². The zero-order chi connectivity index (χ0) is 11.3. The molecule has 0 aromatic rings. The summed E-state index contributed by atoms with van der Waals surface area (Å²) in [5, 5.41) is 3.09. The summed E-state index contributed by atoms with van der Waals surface area (Å²) in [7, 11) is 1.67. The number of carbonyl (C=O) groups is 1. The third-order valence-electron chi connectivity index (χ3n) is 2.50. The van der Waals surface area contributed by atoms with Gasteiger partial charge in [0.1, 0.15) is 6.23 Å². The summed E-state index contributed by atoms with van der Waals surface area (Å²) in [4.78, 5) is 10.9. The first-order chi connectivity index (χ1) is 7.13. The fraction of sp³-hybridized carbons (Fsp3) is 0.727. The molecule has 1 N–H and O–H groups in total. The van der Waals surface area contributed by atoms with Crippen LogP contribution in [-0.2, 0) is 14.3 Å². The van der Waals surface area contributed by atoms with Gasteiger partial charge in [0.2, 0.25) is 0 Å². The van der Waals surface area contributed by atoms with Gasteiger partial charge in [-0.15, -0.1) is 0 Å². The SMILES string of the molecule is COCC1CCC(N/C=C(/C)C(C)=O)O1. The second kappa shape index (κ2) is 5.88. The van der Waals surface area contributed by atoms with Crippen molar-refractivity contribution in [1.82, 2.24) is 5.32 Å². The fourth-order valence-electron chi connectivity index (χ4n) is 1.46. The van der Waals surface area contributed by atoms with Crippen LogP contribution in [0.3, 0.4) is 0 Å². The van der Waals surface area contributed by atoms with Gasteiger partial charge in [-0.1, -0.05) is 0 Å². The van der Waals surface area contributed by atoms with Gasteiger partial charge in [-0.05, 0) is 26.7 Å². The van der Waals surface area contributed by atoms with Gasteiger partial charge in [-0.2, -0.15) is 0 Å². The van der Waals surface area contributed by atoms with Gasteiger partial charge in [-0.3, -0.25) is 4.79 Å². The zero-order valence-electron chi connectivity index (χ0n) is 9.58. The molecule has 86 valence electrons. The van der Waals surface area contributed by atoms with Crippen LogP contribution in [0.15, 0.2) is 11.8 Å². The largest absolute Gasteiger partial charge is 0.382 e. The van der Waals surface area contributed by atoms with E-state index in [9.17, 15) is 4.79 Å². The van der Waals surface area contributed by atoms with Crippen molar-refractivity contribution in [3.63, 3.8) is 0 Å². The Morgan fingerprint density at radius 3 is 2.87 bits per heavy atom. The molecular weight excluding hydrogens is 194 g/mol. The predicted molar refractivity (Wildman–Crippen MR) is 57.3 cm³/mol. The summed E-state index contributed by atoms with van der Waals surface area (Å²) < 4.78 is 10.7. The number of allylic oxidation sites excluding steroid dienone is 1. The van der Waals surface area contributed by atoms with Crippen molar-refractivity contribution < 1.29 is 14.3 Å². The topological polar surface area (TPSA) is 47.6 Å². The minimum atomic E-state index is 0.0134. The molecule has 0 amide bonds. The van der Waals surface area contributed by atoms with E-state index in [1.54, 1.807) is 27.2 Å². The Morgan fingerprint density at radius 2 is 2.27 bits per heavy atom. The number of nitrogens with one attached hydrogen (secondary N) is 1. The summed E-state index contributed by atoms with van der Waals surface area (Å²) >= 11 is 0. The number of ether oxygens (including phenoxy) is 2. The molecule has 1 heterocycles. The minimum absolute atomic E-state index is 0.0134. The monoisotopic (exact) mass is 213 g/mol. The van der Waals surface area contributed by atoms with Crippen LogP contribution in [0.4, 0.5) is 0 Å². The van der Waals surface area contributed by atoms with E-state index in [2.05, 4.69) is 5.32 Å². The molecule has 1 saturated heterocycles. The maximum atomic E-state index is 10.9. The number of hydrogen-bond acceptors (Lipinski definition) is 4. The lowest BCUT2D eigenvalue weighted by molar-refractivity contribution is -0.113. The van der Waals surface area contributed by atoms with E-state index in [0.29, 0.717) is 12.2 Å². The smallest absolute Gasteiger partial charge is 0.156 e. The highest BCUT2D eigenvalue weighted by molar-refractivity contribution is 5.92. The van der Waals surface area contributed by atoms with Gasteiger partial charge in [0, 0.05) is 18.9 Å². The number of ketones is 1. The Balaban J connectivity index is 2.30. The molecule has 0 aromatic heterocycles. The van der Waals surface area contributed by atoms with Crippen LogP contribution >= 0.6 is 0 Å². The Labute approximate surface area is 90.6 Å². The predicted octanol–water partition coefficient (Wildman–Crippen LogP) is 1.22. The van der Waals surface area contributed by atoms with Gasteiger partial charge in [0.25, 0.3) is 0 Å². The van der Waals surface area contributed by atoms with E-state index >= 15 is 0 Å².